The molecule has 0 aliphatic carbocycles. The van der Waals surface area contributed by atoms with Crippen LogP contribution in [0.5, 0.6) is 0 Å². The maximum absolute atomic E-state index is 12.9. The van der Waals surface area contributed by atoms with Crippen molar-refractivity contribution in [3.05, 3.63) is 41.3 Å². The predicted molar refractivity (Wildman–Crippen MR) is 94.9 cm³/mol. The van der Waals surface area contributed by atoms with Crippen LogP contribution in [0.2, 0.25) is 0 Å². The van der Waals surface area contributed by atoms with E-state index in [-0.39, 0.29) is 28.8 Å². The molecule has 11 heteroatoms. The number of sulfone groups is 1. The number of hydrogen-bond acceptors (Lipinski definition) is 5. The van der Waals surface area contributed by atoms with E-state index >= 15 is 0 Å². The van der Waals surface area contributed by atoms with Crippen molar-refractivity contribution in [3.8, 4) is 5.82 Å². The lowest BCUT2D eigenvalue weighted by Crippen LogP contribution is -2.41. The average Bonchev–Trinajstić information content (AvgIpc) is 3.17. The first-order valence-electron chi connectivity index (χ1n) is 8.63. The van der Waals surface area contributed by atoms with Crippen LogP contribution in [0, 0.1) is 6.92 Å². The lowest BCUT2D eigenvalue weighted by Gasteiger charge is -2.26. The Morgan fingerprint density at radius 3 is 2.54 bits per heavy atom. The largest absolute Gasteiger partial charge is 0.417 e. The minimum Gasteiger partial charge on any atom is -0.335 e. The molecule has 2 aromatic rings. The Morgan fingerprint density at radius 2 is 2.04 bits per heavy atom. The number of carbonyl (C=O) groups excluding carboxylic acids is 1. The summed E-state index contributed by atoms with van der Waals surface area (Å²) in [5, 5.41) is 4.08. The molecule has 0 radical (unpaired) electrons. The maximum Gasteiger partial charge on any atom is 0.417 e. The Kier molecular flexibility index (Phi) is 5.22. The third-order valence-electron chi connectivity index (χ3n) is 4.78. The van der Waals surface area contributed by atoms with Gasteiger partial charge in [0.2, 0.25) is 0 Å². The fourth-order valence-electron chi connectivity index (χ4n) is 3.27. The van der Waals surface area contributed by atoms with Gasteiger partial charge in [-0.2, -0.15) is 18.3 Å². The Hall–Kier alpha value is -2.43. The van der Waals surface area contributed by atoms with Crippen LogP contribution in [0.15, 0.2) is 24.5 Å². The summed E-state index contributed by atoms with van der Waals surface area (Å²) in [7, 11) is -3.15. The molecule has 1 atom stereocenters. The lowest BCUT2D eigenvalue weighted by molar-refractivity contribution is -0.137. The standard InChI is InChI=1S/C17H19F3N4O3S/c1-3-23(13-6-7-28(26,27)10-13)16(25)14-9-22-24(11(14)2)15-5-4-12(8-21-15)17(18,19)20/h4-5,8-9,13H,3,6-7,10H2,1-2H3. The molecule has 1 aliphatic heterocycles. The molecule has 0 aromatic carbocycles. The Bertz CT molecular complexity index is 984. The van der Waals surface area contributed by atoms with Crippen molar-refractivity contribution >= 4 is 15.7 Å². The monoisotopic (exact) mass is 416 g/mol. The predicted octanol–water partition coefficient (Wildman–Crippen LogP) is 2.24. The second-order valence-corrected chi connectivity index (χ2v) is 8.84. The van der Waals surface area contributed by atoms with E-state index in [2.05, 4.69) is 10.1 Å². The smallest absolute Gasteiger partial charge is 0.335 e. The summed E-state index contributed by atoms with van der Waals surface area (Å²) in [6.07, 6.45) is -2.08. The highest BCUT2D eigenvalue weighted by molar-refractivity contribution is 7.91. The van der Waals surface area contributed by atoms with Crippen molar-refractivity contribution in [1.29, 1.82) is 0 Å². The van der Waals surface area contributed by atoms with Gasteiger partial charge in [-0.1, -0.05) is 0 Å². The van der Waals surface area contributed by atoms with Crippen molar-refractivity contribution in [2.24, 2.45) is 0 Å². The molecule has 28 heavy (non-hydrogen) atoms. The number of pyridine rings is 1. The van der Waals surface area contributed by atoms with Gasteiger partial charge in [-0.25, -0.2) is 18.1 Å². The molecule has 0 bridgehead atoms. The molecule has 1 unspecified atom stereocenters. The van der Waals surface area contributed by atoms with Crippen molar-refractivity contribution in [3.63, 3.8) is 0 Å². The van der Waals surface area contributed by atoms with E-state index in [1.54, 1.807) is 13.8 Å². The highest BCUT2D eigenvalue weighted by Gasteiger charge is 2.35. The molecule has 0 saturated carbocycles. The van der Waals surface area contributed by atoms with Crippen LogP contribution in [0.3, 0.4) is 0 Å². The Labute approximate surface area is 160 Å². The quantitative estimate of drug-likeness (QED) is 0.763. The molecule has 0 spiro atoms. The number of amides is 1. The van der Waals surface area contributed by atoms with E-state index in [0.29, 0.717) is 24.9 Å². The summed E-state index contributed by atoms with van der Waals surface area (Å²) in [5.41, 5.74) is -0.207. The van der Waals surface area contributed by atoms with Crippen LogP contribution in [-0.2, 0) is 16.0 Å². The molecule has 3 heterocycles. The van der Waals surface area contributed by atoms with E-state index in [9.17, 15) is 26.4 Å². The molecule has 1 aliphatic rings. The first-order chi connectivity index (χ1) is 13.0. The number of alkyl halides is 3. The van der Waals surface area contributed by atoms with Crippen LogP contribution >= 0.6 is 0 Å². The molecule has 2 aromatic heterocycles. The molecular weight excluding hydrogens is 397 g/mol. The second-order valence-electron chi connectivity index (χ2n) is 6.61. The minimum atomic E-state index is -4.49. The molecule has 1 amide bonds. The summed E-state index contributed by atoms with van der Waals surface area (Å²) >= 11 is 0. The summed E-state index contributed by atoms with van der Waals surface area (Å²) in [5.74, 6) is -0.230. The topological polar surface area (TPSA) is 85.2 Å². The van der Waals surface area contributed by atoms with Gasteiger partial charge < -0.3 is 4.90 Å². The van der Waals surface area contributed by atoms with Gasteiger partial charge in [0.1, 0.15) is 0 Å². The van der Waals surface area contributed by atoms with Gasteiger partial charge in [-0.15, -0.1) is 0 Å². The first-order valence-corrected chi connectivity index (χ1v) is 10.5. The Balaban J connectivity index is 1.87. The van der Waals surface area contributed by atoms with E-state index in [1.807, 2.05) is 0 Å². The van der Waals surface area contributed by atoms with Crippen molar-refractivity contribution in [2.45, 2.75) is 32.5 Å². The van der Waals surface area contributed by atoms with Crippen LogP contribution in [0.4, 0.5) is 13.2 Å². The van der Waals surface area contributed by atoms with Crippen LogP contribution in [-0.4, -0.2) is 58.1 Å². The number of halogens is 3. The number of carbonyl (C=O) groups is 1. The van der Waals surface area contributed by atoms with Crippen LogP contribution in [0.1, 0.15) is 35.0 Å². The van der Waals surface area contributed by atoms with Crippen LogP contribution in [0.25, 0.3) is 5.82 Å². The zero-order valence-corrected chi connectivity index (χ0v) is 16.1. The SMILES string of the molecule is CCN(C(=O)c1cnn(-c2ccc(C(F)(F)F)cn2)c1C)C1CCS(=O)(=O)C1. The molecule has 0 N–H and O–H groups in total. The van der Waals surface area contributed by atoms with Gasteiger partial charge in [-0.3, -0.25) is 4.79 Å². The molecule has 1 fully saturated rings. The van der Waals surface area contributed by atoms with E-state index in [1.165, 1.54) is 21.8 Å². The maximum atomic E-state index is 12.9. The van der Waals surface area contributed by atoms with Gasteiger partial charge in [0.15, 0.2) is 15.7 Å². The summed E-state index contributed by atoms with van der Waals surface area (Å²) < 4.78 is 62.8. The highest BCUT2D eigenvalue weighted by Crippen LogP contribution is 2.29. The molecular formula is C17H19F3N4O3S. The van der Waals surface area contributed by atoms with Gasteiger partial charge >= 0.3 is 6.18 Å². The van der Waals surface area contributed by atoms with E-state index < -0.39 is 27.6 Å². The van der Waals surface area contributed by atoms with Gasteiger partial charge in [0, 0.05) is 18.8 Å². The van der Waals surface area contributed by atoms with E-state index in [0.717, 1.165) is 6.07 Å². The summed E-state index contributed by atoms with van der Waals surface area (Å²) in [6.45, 7) is 3.71. The Morgan fingerprint density at radius 1 is 1.32 bits per heavy atom. The molecule has 1 saturated heterocycles. The average molecular weight is 416 g/mol. The van der Waals surface area contributed by atoms with Crippen LogP contribution < -0.4 is 0 Å². The lowest BCUT2D eigenvalue weighted by atomic mass is 10.1. The van der Waals surface area contributed by atoms with Gasteiger partial charge in [-0.05, 0) is 32.4 Å². The van der Waals surface area contributed by atoms with Crippen molar-refractivity contribution in [1.82, 2.24) is 19.7 Å². The normalized spacial score (nSPS) is 19.0. The molecule has 152 valence electrons. The number of aromatic nitrogens is 3. The second kappa shape index (κ2) is 7.19. The summed E-state index contributed by atoms with van der Waals surface area (Å²) in [6, 6.07) is 1.68. The fraction of sp³-hybridized carbons (Fsp3) is 0.471. The van der Waals surface area contributed by atoms with Gasteiger partial charge in [0.05, 0.1) is 34.5 Å². The fourth-order valence-corrected chi connectivity index (χ4v) is 5.00. The molecule has 7 nitrogen and oxygen atoms in total. The third kappa shape index (κ3) is 3.89. The third-order valence-corrected chi connectivity index (χ3v) is 6.53. The van der Waals surface area contributed by atoms with Crippen molar-refractivity contribution < 1.29 is 26.4 Å². The highest BCUT2D eigenvalue weighted by atomic mass is 32.2. The summed E-state index contributed by atoms with van der Waals surface area (Å²) in [4.78, 5) is 18.2. The van der Waals surface area contributed by atoms with Gasteiger partial charge in [0.25, 0.3) is 5.91 Å². The minimum absolute atomic E-state index is 0.0508. The number of hydrogen-bond donors (Lipinski definition) is 0. The van der Waals surface area contributed by atoms with Crippen molar-refractivity contribution in [2.75, 3.05) is 18.1 Å². The molecule has 3 rings (SSSR count). The number of nitrogens with zero attached hydrogens (tertiary/aromatic N) is 4. The zero-order chi connectivity index (χ0) is 20.7. The number of rotatable bonds is 4. The first kappa shape index (κ1) is 20.3. The van der Waals surface area contributed by atoms with E-state index in [4.69, 9.17) is 0 Å². The zero-order valence-electron chi connectivity index (χ0n) is 15.3.